The summed E-state index contributed by atoms with van der Waals surface area (Å²) >= 11 is 0. The smallest absolute Gasteiger partial charge is 0.340 e. The molecular weight excluding hydrogens is 364 g/mol. The van der Waals surface area contributed by atoms with Gasteiger partial charge in [0.1, 0.15) is 22.0 Å². The number of carboxylic acids is 1. The number of furan rings is 2. The summed E-state index contributed by atoms with van der Waals surface area (Å²) in [4.78, 5) is 24.9. The van der Waals surface area contributed by atoms with Crippen molar-refractivity contribution in [3.63, 3.8) is 0 Å². The van der Waals surface area contributed by atoms with Gasteiger partial charge in [0.05, 0.1) is 6.26 Å². The first kappa shape index (κ1) is 18.2. The first-order chi connectivity index (χ1) is 12.2. The van der Waals surface area contributed by atoms with E-state index in [4.69, 9.17) is 8.83 Å². The standard InChI is InChI=1S/C16H18N2O7S/c1-10-13(16(20)21)14(11(2)25-10)26(22,23)18-7-5-17(6-8-18)15(19)12-4-3-9-24-12/h3-4,9H,5-8H2,1-2H3,(H,20,21). The number of aromatic carboxylic acids is 1. The molecule has 9 nitrogen and oxygen atoms in total. The zero-order chi connectivity index (χ0) is 19.1. The summed E-state index contributed by atoms with van der Waals surface area (Å²) in [5, 5.41) is 9.34. The molecule has 0 bridgehead atoms. The van der Waals surface area contributed by atoms with E-state index in [1.807, 2.05) is 0 Å². The first-order valence-electron chi connectivity index (χ1n) is 7.89. The summed E-state index contributed by atoms with van der Waals surface area (Å²) in [5.74, 6) is -1.40. The Morgan fingerprint density at radius 2 is 1.77 bits per heavy atom. The quantitative estimate of drug-likeness (QED) is 0.847. The fraction of sp³-hybridized carbons (Fsp3) is 0.375. The highest BCUT2D eigenvalue weighted by Crippen LogP contribution is 2.30. The van der Waals surface area contributed by atoms with Gasteiger partial charge in [0.25, 0.3) is 5.91 Å². The van der Waals surface area contributed by atoms with Crippen molar-refractivity contribution in [2.24, 2.45) is 0 Å². The largest absolute Gasteiger partial charge is 0.478 e. The van der Waals surface area contributed by atoms with Gasteiger partial charge in [0.2, 0.25) is 10.0 Å². The highest BCUT2D eigenvalue weighted by atomic mass is 32.2. The maximum atomic E-state index is 12.9. The van der Waals surface area contributed by atoms with E-state index in [-0.39, 0.29) is 59.8 Å². The van der Waals surface area contributed by atoms with Crippen LogP contribution in [0.1, 0.15) is 32.4 Å². The summed E-state index contributed by atoms with van der Waals surface area (Å²) in [5.41, 5.74) is -0.350. The second kappa shape index (κ2) is 6.61. The first-order valence-corrected chi connectivity index (χ1v) is 9.33. The number of carbonyl (C=O) groups excluding carboxylic acids is 1. The Morgan fingerprint density at radius 1 is 1.12 bits per heavy atom. The molecule has 0 aliphatic carbocycles. The molecule has 0 aromatic carbocycles. The van der Waals surface area contributed by atoms with Crippen LogP contribution in [0.4, 0.5) is 0 Å². The highest BCUT2D eigenvalue weighted by molar-refractivity contribution is 7.89. The van der Waals surface area contributed by atoms with Gasteiger partial charge in [-0.05, 0) is 26.0 Å². The van der Waals surface area contributed by atoms with Crippen molar-refractivity contribution in [2.75, 3.05) is 26.2 Å². The van der Waals surface area contributed by atoms with Crippen LogP contribution in [0.3, 0.4) is 0 Å². The molecule has 0 spiro atoms. The number of piperazine rings is 1. The third kappa shape index (κ3) is 3.01. The predicted molar refractivity (Wildman–Crippen MR) is 88.5 cm³/mol. The van der Waals surface area contributed by atoms with Crippen molar-refractivity contribution in [1.82, 2.24) is 9.21 Å². The van der Waals surface area contributed by atoms with Crippen LogP contribution >= 0.6 is 0 Å². The Kier molecular flexibility index (Phi) is 4.63. The van der Waals surface area contributed by atoms with Gasteiger partial charge in [0, 0.05) is 26.2 Å². The van der Waals surface area contributed by atoms with Gasteiger partial charge in [0.15, 0.2) is 5.76 Å². The van der Waals surface area contributed by atoms with Gasteiger partial charge < -0.3 is 18.8 Å². The number of rotatable bonds is 4. The molecule has 0 unspecified atom stereocenters. The molecule has 26 heavy (non-hydrogen) atoms. The molecule has 1 fully saturated rings. The van der Waals surface area contributed by atoms with Crippen LogP contribution in [0.2, 0.25) is 0 Å². The summed E-state index contributed by atoms with van der Waals surface area (Å²) in [6.45, 7) is 3.29. The normalized spacial score (nSPS) is 16.0. The molecule has 0 atom stereocenters. The molecule has 1 N–H and O–H groups in total. The second-order valence-electron chi connectivity index (χ2n) is 5.90. The number of hydrogen-bond acceptors (Lipinski definition) is 6. The van der Waals surface area contributed by atoms with Crippen LogP contribution in [0.5, 0.6) is 0 Å². The number of amides is 1. The van der Waals surface area contributed by atoms with Crippen LogP contribution < -0.4 is 0 Å². The average molecular weight is 382 g/mol. The summed E-state index contributed by atoms with van der Waals surface area (Å²) in [7, 11) is -4.05. The lowest BCUT2D eigenvalue weighted by molar-refractivity contribution is 0.0665. The van der Waals surface area contributed by atoms with E-state index in [1.54, 1.807) is 12.1 Å². The van der Waals surface area contributed by atoms with Crippen LogP contribution in [-0.4, -0.2) is 60.8 Å². The SMILES string of the molecule is Cc1oc(C)c(S(=O)(=O)N2CCN(C(=O)c3ccco3)CC2)c1C(=O)O. The lowest BCUT2D eigenvalue weighted by Crippen LogP contribution is -2.50. The number of nitrogens with zero attached hydrogens (tertiary/aromatic N) is 2. The molecule has 3 heterocycles. The number of carboxylic acid groups (broad SMARTS) is 1. The van der Waals surface area contributed by atoms with Crippen molar-refractivity contribution in [3.05, 3.63) is 41.2 Å². The number of carbonyl (C=O) groups is 2. The Morgan fingerprint density at radius 3 is 2.31 bits per heavy atom. The minimum absolute atomic E-state index is 0.0361. The number of sulfonamides is 1. The van der Waals surface area contributed by atoms with Gasteiger partial charge >= 0.3 is 5.97 Å². The van der Waals surface area contributed by atoms with Gasteiger partial charge in [-0.15, -0.1) is 0 Å². The Labute approximate surface area is 149 Å². The van der Waals surface area contributed by atoms with E-state index in [0.717, 1.165) is 0 Å². The Hall–Kier alpha value is -2.59. The molecule has 2 aromatic rings. The van der Waals surface area contributed by atoms with E-state index in [9.17, 15) is 23.1 Å². The van der Waals surface area contributed by atoms with Crippen molar-refractivity contribution < 1.29 is 31.9 Å². The highest BCUT2D eigenvalue weighted by Gasteiger charge is 2.37. The maximum Gasteiger partial charge on any atom is 0.340 e. The van der Waals surface area contributed by atoms with E-state index >= 15 is 0 Å². The molecule has 1 aliphatic rings. The lowest BCUT2D eigenvalue weighted by Gasteiger charge is -2.33. The van der Waals surface area contributed by atoms with Crippen molar-refractivity contribution in [1.29, 1.82) is 0 Å². The maximum absolute atomic E-state index is 12.9. The number of aryl methyl sites for hydroxylation is 2. The van der Waals surface area contributed by atoms with E-state index in [2.05, 4.69) is 0 Å². The third-order valence-electron chi connectivity index (χ3n) is 4.27. The molecule has 1 saturated heterocycles. The fourth-order valence-corrected chi connectivity index (χ4v) is 4.83. The fourth-order valence-electron chi connectivity index (χ4n) is 3.04. The van der Waals surface area contributed by atoms with Crippen molar-refractivity contribution >= 4 is 21.9 Å². The Balaban J connectivity index is 1.81. The Bertz CT molecular complexity index is 936. The molecule has 1 aliphatic heterocycles. The van der Waals surface area contributed by atoms with Crippen LogP contribution in [-0.2, 0) is 10.0 Å². The zero-order valence-corrected chi connectivity index (χ0v) is 15.1. The molecular formula is C16H18N2O7S. The minimum atomic E-state index is -4.05. The zero-order valence-electron chi connectivity index (χ0n) is 14.3. The van der Waals surface area contributed by atoms with Gasteiger partial charge in [-0.25, -0.2) is 13.2 Å². The molecule has 10 heteroatoms. The lowest BCUT2D eigenvalue weighted by atomic mass is 10.2. The van der Waals surface area contributed by atoms with Gasteiger partial charge in [-0.1, -0.05) is 0 Å². The molecule has 3 rings (SSSR count). The molecule has 2 aromatic heterocycles. The van der Waals surface area contributed by atoms with Gasteiger partial charge in [-0.3, -0.25) is 4.79 Å². The topological polar surface area (TPSA) is 121 Å². The summed E-state index contributed by atoms with van der Waals surface area (Å²) < 4.78 is 37.3. The third-order valence-corrected chi connectivity index (χ3v) is 6.33. The van der Waals surface area contributed by atoms with Gasteiger partial charge in [-0.2, -0.15) is 4.31 Å². The molecule has 1 amide bonds. The number of hydrogen-bond donors (Lipinski definition) is 1. The van der Waals surface area contributed by atoms with Crippen LogP contribution in [0, 0.1) is 13.8 Å². The van der Waals surface area contributed by atoms with Crippen molar-refractivity contribution in [2.45, 2.75) is 18.7 Å². The van der Waals surface area contributed by atoms with E-state index in [1.165, 1.54) is 29.3 Å². The van der Waals surface area contributed by atoms with Crippen LogP contribution in [0.15, 0.2) is 32.1 Å². The molecule has 140 valence electrons. The van der Waals surface area contributed by atoms with Crippen LogP contribution in [0.25, 0.3) is 0 Å². The van der Waals surface area contributed by atoms with Crippen molar-refractivity contribution in [3.8, 4) is 0 Å². The summed E-state index contributed by atoms with van der Waals surface area (Å²) in [6.07, 6.45) is 1.39. The molecule has 0 saturated carbocycles. The summed E-state index contributed by atoms with van der Waals surface area (Å²) in [6, 6.07) is 3.15. The van der Waals surface area contributed by atoms with E-state index in [0.29, 0.717) is 0 Å². The second-order valence-corrected chi connectivity index (χ2v) is 7.77. The minimum Gasteiger partial charge on any atom is -0.478 e. The van der Waals surface area contributed by atoms with E-state index < -0.39 is 16.0 Å². The predicted octanol–water partition coefficient (Wildman–Crippen LogP) is 1.33. The average Bonchev–Trinajstić information content (AvgIpc) is 3.22. The monoisotopic (exact) mass is 382 g/mol. The molecule has 0 radical (unpaired) electrons.